The summed E-state index contributed by atoms with van der Waals surface area (Å²) in [5.74, 6) is 0.329. The molecule has 3 aromatic rings. The first-order chi connectivity index (χ1) is 10.6. The fourth-order valence-corrected chi connectivity index (χ4v) is 3.36. The SMILES string of the molecule is COc1c(C)cccc1C(=O)Nc1nc2ccc(Cl)cc2s1. The van der Waals surface area contributed by atoms with E-state index in [4.69, 9.17) is 16.3 Å². The van der Waals surface area contributed by atoms with E-state index in [1.54, 1.807) is 19.2 Å². The molecule has 2 aromatic carbocycles. The molecule has 1 heterocycles. The number of fused-ring (bicyclic) bond motifs is 1. The summed E-state index contributed by atoms with van der Waals surface area (Å²) in [5, 5.41) is 4.00. The number of carbonyl (C=O) groups excluding carboxylic acids is 1. The molecular formula is C16H13ClN2O2S. The van der Waals surface area contributed by atoms with Crippen LogP contribution in [0.4, 0.5) is 5.13 Å². The van der Waals surface area contributed by atoms with Crippen molar-refractivity contribution in [3.8, 4) is 5.75 Å². The van der Waals surface area contributed by atoms with Gasteiger partial charge in [0.25, 0.3) is 5.91 Å². The van der Waals surface area contributed by atoms with Gasteiger partial charge in [-0.2, -0.15) is 0 Å². The van der Waals surface area contributed by atoms with Crippen LogP contribution >= 0.6 is 22.9 Å². The predicted molar refractivity (Wildman–Crippen MR) is 90.3 cm³/mol. The number of rotatable bonds is 3. The van der Waals surface area contributed by atoms with Crippen LogP contribution in [-0.2, 0) is 0 Å². The maximum atomic E-state index is 12.4. The molecule has 0 spiro atoms. The Morgan fingerprint density at radius 1 is 1.32 bits per heavy atom. The predicted octanol–water partition coefficient (Wildman–Crippen LogP) is 4.52. The third kappa shape index (κ3) is 2.77. The Bertz CT molecular complexity index is 860. The number of para-hydroxylation sites is 1. The third-order valence-corrected chi connectivity index (χ3v) is 4.40. The van der Waals surface area contributed by atoms with Crippen LogP contribution in [0.5, 0.6) is 5.75 Å². The first-order valence-corrected chi connectivity index (χ1v) is 7.79. The minimum absolute atomic E-state index is 0.245. The van der Waals surface area contributed by atoms with E-state index in [0.717, 1.165) is 15.8 Å². The van der Waals surface area contributed by atoms with Crippen LogP contribution < -0.4 is 10.1 Å². The molecule has 4 nitrogen and oxygen atoms in total. The number of ether oxygens (including phenoxy) is 1. The van der Waals surface area contributed by atoms with E-state index in [1.807, 2.05) is 31.2 Å². The number of hydrogen-bond donors (Lipinski definition) is 1. The quantitative estimate of drug-likeness (QED) is 0.767. The van der Waals surface area contributed by atoms with Crippen molar-refractivity contribution >= 4 is 44.2 Å². The summed E-state index contributed by atoms with van der Waals surface area (Å²) in [6.45, 7) is 1.90. The Balaban J connectivity index is 1.91. The smallest absolute Gasteiger partial charge is 0.261 e. The second-order valence-corrected chi connectivity index (χ2v) is 6.21. The number of nitrogens with one attached hydrogen (secondary N) is 1. The molecule has 1 N–H and O–H groups in total. The van der Waals surface area contributed by atoms with Gasteiger partial charge in [-0.05, 0) is 36.8 Å². The van der Waals surface area contributed by atoms with E-state index >= 15 is 0 Å². The number of methoxy groups -OCH3 is 1. The highest BCUT2D eigenvalue weighted by Crippen LogP contribution is 2.29. The normalized spacial score (nSPS) is 10.7. The number of nitrogens with zero attached hydrogens (tertiary/aromatic N) is 1. The van der Waals surface area contributed by atoms with Crippen LogP contribution in [0.15, 0.2) is 36.4 Å². The topological polar surface area (TPSA) is 51.2 Å². The molecule has 0 radical (unpaired) electrons. The molecule has 0 aliphatic carbocycles. The van der Waals surface area contributed by atoms with Crippen molar-refractivity contribution in [2.75, 3.05) is 12.4 Å². The van der Waals surface area contributed by atoms with Gasteiger partial charge in [-0.1, -0.05) is 35.1 Å². The van der Waals surface area contributed by atoms with Gasteiger partial charge in [0.05, 0.1) is 22.9 Å². The number of halogens is 1. The number of hydrogen-bond acceptors (Lipinski definition) is 4. The summed E-state index contributed by atoms with van der Waals surface area (Å²) >= 11 is 7.35. The number of aromatic nitrogens is 1. The molecule has 0 atom stereocenters. The molecule has 0 fully saturated rings. The number of benzene rings is 2. The van der Waals surface area contributed by atoms with Gasteiger partial charge in [-0.25, -0.2) is 4.98 Å². The van der Waals surface area contributed by atoms with Gasteiger partial charge in [0, 0.05) is 5.02 Å². The van der Waals surface area contributed by atoms with Gasteiger partial charge < -0.3 is 4.74 Å². The largest absolute Gasteiger partial charge is 0.496 e. The average Bonchev–Trinajstić information content (AvgIpc) is 2.88. The van der Waals surface area contributed by atoms with Crippen molar-refractivity contribution in [2.24, 2.45) is 0 Å². The fourth-order valence-electron chi connectivity index (χ4n) is 2.22. The van der Waals surface area contributed by atoms with E-state index in [1.165, 1.54) is 11.3 Å². The Kier molecular flexibility index (Phi) is 4.00. The van der Waals surface area contributed by atoms with Gasteiger partial charge in [0.15, 0.2) is 5.13 Å². The molecule has 22 heavy (non-hydrogen) atoms. The minimum Gasteiger partial charge on any atom is -0.496 e. The zero-order valence-corrected chi connectivity index (χ0v) is 13.6. The van der Waals surface area contributed by atoms with Gasteiger partial charge >= 0.3 is 0 Å². The van der Waals surface area contributed by atoms with Gasteiger partial charge in [0.1, 0.15) is 5.75 Å². The molecule has 1 aromatic heterocycles. The summed E-state index contributed by atoms with van der Waals surface area (Å²) in [4.78, 5) is 16.8. The maximum absolute atomic E-state index is 12.4. The van der Waals surface area contributed by atoms with Crippen LogP contribution in [-0.4, -0.2) is 18.0 Å². The maximum Gasteiger partial charge on any atom is 0.261 e. The summed E-state index contributed by atoms with van der Waals surface area (Å²) in [6, 6.07) is 10.9. The molecule has 0 aliphatic rings. The molecular weight excluding hydrogens is 320 g/mol. The number of aryl methyl sites for hydroxylation is 1. The van der Waals surface area contributed by atoms with Crippen molar-refractivity contribution in [1.82, 2.24) is 4.98 Å². The molecule has 3 rings (SSSR count). The van der Waals surface area contributed by atoms with Crippen molar-refractivity contribution in [2.45, 2.75) is 6.92 Å². The Hall–Kier alpha value is -2.11. The van der Waals surface area contributed by atoms with Crippen molar-refractivity contribution in [3.05, 3.63) is 52.5 Å². The second-order valence-electron chi connectivity index (χ2n) is 4.74. The molecule has 0 bridgehead atoms. The molecule has 1 amide bonds. The van der Waals surface area contributed by atoms with Crippen molar-refractivity contribution < 1.29 is 9.53 Å². The molecule has 0 unspecified atom stereocenters. The zero-order chi connectivity index (χ0) is 15.7. The van der Waals surface area contributed by atoms with Gasteiger partial charge in [0.2, 0.25) is 0 Å². The number of carbonyl (C=O) groups is 1. The van der Waals surface area contributed by atoms with Crippen molar-refractivity contribution in [3.63, 3.8) is 0 Å². The van der Waals surface area contributed by atoms with Crippen molar-refractivity contribution in [1.29, 1.82) is 0 Å². The Morgan fingerprint density at radius 3 is 2.91 bits per heavy atom. The molecule has 6 heteroatoms. The van der Waals surface area contributed by atoms with E-state index in [9.17, 15) is 4.79 Å². The molecule has 0 saturated carbocycles. The summed E-state index contributed by atoms with van der Waals surface area (Å²) in [5.41, 5.74) is 2.20. The first kappa shape index (κ1) is 14.8. The van der Waals surface area contributed by atoms with E-state index in [0.29, 0.717) is 21.5 Å². The number of amides is 1. The lowest BCUT2D eigenvalue weighted by molar-refractivity contribution is 0.102. The Morgan fingerprint density at radius 2 is 2.14 bits per heavy atom. The summed E-state index contributed by atoms with van der Waals surface area (Å²) < 4.78 is 6.24. The highest BCUT2D eigenvalue weighted by Gasteiger charge is 2.15. The lowest BCUT2D eigenvalue weighted by Crippen LogP contribution is -2.13. The first-order valence-electron chi connectivity index (χ1n) is 6.59. The number of anilines is 1. The standard InChI is InChI=1S/C16H13ClN2O2S/c1-9-4-3-5-11(14(9)21-2)15(20)19-16-18-12-7-6-10(17)8-13(12)22-16/h3-8H,1-2H3,(H,18,19,20). The second kappa shape index (κ2) is 5.94. The van der Waals surface area contributed by atoms with Gasteiger partial charge in [-0.15, -0.1) is 0 Å². The monoisotopic (exact) mass is 332 g/mol. The minimum atomic E-state index is -0.245. The lowest BCUT2D eigenvalue weighted by Gasteiger charge is -2.10. The Labute approximate surface area is 136 Å². The van der Waals surface area contributed by atoms with Crippen LogP contribution in [0, 0.1) is 6.92 Å². The van der Waals surface area contributed by atoms with E-state index in [-0.39, 0.29) is 5.91 Å². The summed E-state index contributed by atoms with van der Waals surface area (Å²) in [7, 11) is 1.55. The highest BCUT2D eigenvalue weighted by molar-refractivity contribution is 7.22. The van der Waals surface area contributed by atoms with Crippen LogP contribution in [0.25, 0.3) is 10.2 Å². The molecule has 112 valence electrons. The van der Waals surface area contributed by atoms with Crippen LogP contribution in [0.2, 0.25) is 5.02 Å². The summed E-state index contributed by atoms with van der Waals surface area (Å²) in [6.07, 6.45) is 0. The fraction of sp³-hybridized carbons (Fsp3) is 0.125. The highest BCUT2D eigenvalue weighted by atomic mass is 35.5. The van der Waals surface area contributed by atoms with Crippen LogP contribution in [0.3, 0.4) is 0 Å². The molecule has 0 saturated heterocycles. The molecule has 0 aliphatic heterocycles. The average molecular weight is 333 g/mol. The third-order valence-electron chi connectivity index (χ3n) is 3.23. The van der Waals surface area contributed by atoms with E-state index in [2.05, 4.69) is 10.3 Å². The van der Waals surface area contributed by atoms with Gasteiger partial charge in [-0.3, -0.25) is 10.1 Å². The van der Waals surface area contributed by atoms with E-state index < -0.39 is 0 Å². The van der Waals surface area contributed by atoms with Crippen LogP contribution in [0.1, 0.15) is 15.9 Å². The lowest BCUT2D eigenvalue weighted by atomic mass is 10.1. The number of thiazole rings is 1. The zero-order valence-electron chi connectivity index (χ0n) is 12.0.